The van der Waals surface area contributed by atoms with E-state index in [-0.39, 0.29) is 6.61 Å². The van der Waals surface area contributed by atoms with Crippen molar-refractivity contribution in [2.24, 2.45) is 0 Å². The molecule has 0 atom stereocenters. The van der Waals surface area contributed by atoms with Gasteiger partial charge in [-0.1, -0.05) is 0 Å². The third-order valence-corrected chi connectivity index (χ3v) is 2.40. The van der Waals surface area contributed by atoms with Crippen LogP contribution in [0, 0.1) is 0 Å². The number of aromatic nitrogens is 1. The molecule has 0 aliphatic rings. The smallest absolute Gasteiger partial charge is 0.0795 e. The van der Waals surface area contributed by atoms with Crippen LogP contribution in [-0.2, 0) is 11.3 Å². The number of rotatable bonds is 7. The predicted molar refractivity (Wildman–Crippen MR) is 56.4 cm³/mol. The minimum atomic E-state index is 0.0931. The van der Waals surface area contributed by atoms with E-state index in [1.807, 2.05) is 17.9 Å². The number of aliphatic hydroxyl groups excluding tert-OH is 1. The molecule has 0 radical (unpaired) electrons. The van der Waals surface area contributed by atoms with Gasteiger partial charge in [0.2, 0.25) is 0 Å². The van der Waals surface area contributed by atoms with E-state index in [1.165, 1.54) is 0 Å². The highest BCUT2D eigenvalue weighted by molar-refractivity contribution is 7.07. The zero-order chi connectivity index (χ0) is 10.2. The second kappa shape index (κ2) is 6.89. The van der Waals surface area contributed by atoms with Crippen molar-refractivity contribution < 1.29 is 9.84 Å². The Labute approximate surface area is 88.1 Å². The summed E-state index contributed by atoms with van der Waals surface area (Å²) in [6, 6.07) is 0. The third kappa shape index (κ3) is 4.66. The van der Waals surface area contributed by atoms with Gasteiger partial charge in [0.25, 0.3) is 0 Å². The summed E-state index contributed by atoms with van der Waals surface area (Å²) in [5.41, 5.74) is 2.94. The summed E-state index contributed by atoms with van der Waals surface area (Å²) < 4.78 is 5.16. The van der Waals surface area contributed by atoms with Gasteiger partial charge in [0.1, 0.15) is 0 Å². The molecule has 1 rings (SSSR count). The Morgan fingerprint density at radius 3 is 3.07 bits per heavy atom. The summed E-state index contributed by atoms with van der Waals surface area (Å²) >= 11 is 1.61. The van der Waals surface area contributed by atoms with Gasteiger partial charge in [-0.05, 0) is 7.05 Å². The highest BCUT2D eigenvalue weighted by atomic mass is 32.1. The van der Waals surface area contributed by atoms with Crippen molar-refractivity contribution in [3.63, 3.8) is 0 Å². The van der Waals surface area contributed by atoms with Crippen LogP contribution >= 0.6 is 11.3 Å². The molecule has 5 heteroatoms. The lowest BCUT2D eigenvalue weighted by molar-refractivity contribution is 0.0771. The molecule has 0 spiro atoms. The number of aliphatic hydroxyl groups is 1. The van der Waals surface area contributed by atoms with Gasteiger partial charge >= 0.3 is 0 Å². The van der Waals surface area contributed by atoms with Gasteiger partial charge in [-0.15, -0.1) is 11.3 Å². The van der Waals surface area contributed by atoms with Crippen LogP contribution in [-0.4, -0.2) is 48.4 Å². The lowest BCUT2D eigenvalue weighted by Crippen LogP contribution is -2.23. The first kappa shape index (κ1) is 11.6. The minimum absolute atomic E-state index is 0.0931. The van der Waals surface area contributed by atoms with E-state index >= 15 is 0 Å². The van der Waals surface area contributed by atoms with Crippen LogP contribution < -0.4 is 0 Å². The molecule has 0 amide bonds. The molecular weight excluding hydrogens is 200 g/mol. The van der Waals surface area contributed by atoms with E-state index in [0.29, 0.717) is 13.2 Å². The van der Waals surface area contributed by atoms with Gasteiger partial charge in [-0.25, -0.2) is 4.98 Å². The van der Waals surface area contributed by atoms with Crippen LogP contribution in [0.1, 0.15) is 5.69 Å². The average molecular weight is 216 g/mol. The van der Waals surface area contributed by atoms with E-state index in [2.05, 4.69) is 9.88 Å². The number of hydrogen-bond acceptors (Lipinski definition) is 5. The molecule has 1 heterocycles. The van der Waals surface area contributed by atoms with Crippen LogP contribution in [0.25, 0.3) is 0 Å². The number of thiazole rings is 1. The van der Waals surface area contributed by atoms with Gasteiger partial charge in [-0.2, -0.15) is 0 Å². The van der Waals surface area contributed by atoms with Crippen LogP contribution in [0.3, 0.4) is 0 Å². The topological polar surface area (TPSA) is 45.6 Å². The first-order valence-electron chi connectivity index (χ1n) is 4.57. The normalized spacial score (nSPS) is 11.1. The first-order chi connectivity index (χ1) is 6.83. The van der Waals surface area contributed by atoms with Gasteiger partial charge in [-0.3, -0.25) is 4.90 Å². The Kier molecular flexibility index (Phi) is 5.70. The molecule has 0 aliphatic heterocycles. The monoisotopic (exact) mass is 216 g/mol. The first-order valence-corrected chi connectivity index (χ1v) is 5.51. The maximum atomic E-state index is 8.49. The van der Waals surface area contributed by atoms with E-state index in [1.54, 1.807) is 11.3 Å². The van der Waals surface area contributed by atoms with Crippen LogP contribution in [0.2, 0.25) is 0 Å². The second-order valence-corrected chi connectivity index (χ2v) is 3.77. The van der Waals surface area contributed by atoms with Crippen molar-refractivity contribution in [2.75, 3.05) is 33.4 Å². The highest BCUT2D eigenvalue weighted by Gasteiger charge is 2.01. The molecule has 80 valence electrons. The SMILES string of the molecule is CN(CCOCCO)Cc1cscn1. The molecular formula is C9H16N2O2S. The van der Waals surface area contributed by atoms with Crippen LogP contribution in [0.4, 0.5) is 0 Å². The Morgan fingerprint density at radius 2 is 2.43 bits per heavy atom. The van der Waals surface area contributed by atoms with Crippen molar-refractivity contribution >= 4 is 11.3 Å². The maximum Gasteiger partial charge on any atom is 0.0795 e. The van der Waals surface area contributed by atoms with Gasteiger partial charge in [0, 0.05) is 18.5 Å². The van der Waals surface area contributed by atoms with Crippen molar-refractivity contribution in [1.82, 2.24) is 9.88 Å². The Balaban J connectivity index is 2.07. The molecule has 1 aromatic rings. The fourth-order valence-corrected chi connectivity index (χ4v) is 1.61. The molecule has 0 aliphatic carbocycles. The van der Waals surface area contributed by atoms with Crippen molar-refractivity contribution in [1.29, 1.82) is 0 Å². The molecule has 0 fully saturated rings. The van der Waals surface area contributed by atoms with Crippen molar-refractivity contribution in [2.45, 2.75) is 6.54 Å². The summed E-state index contributed by atoms with van der Waals surface area (Å²) in [4.78, 5) is 6.34. The minimum Gasteiger partial charge on any atom is -0.394 e. The summed E-state index contributed by atoms with van der Waals surface area (Å²) in [6.07, 6.45) is 0. The fraction of sp³-hybridized carbons (Fsp3) is 0.667. The standard InChI is InChI=1S/C9H16N2O2S/c1-11(2-4-13-5-3-12)6-9-7-14-8-10-9/h7-8,12H,2-6H2,1H3. The van der Waals surface area contributed by atoms with Gasteiger partial charge < -0.3 is 9.84 Å². The summed E-state index contributed by atoms with van der Waals surface area (Å²) in [5, 5.41) is 10.5. The molecule has 4 nitrogen and oxygen atoms in total. The Bertz CT molecular complexity index is 229. The lowest BCUT2D eigenvalue weighted by Gasteiger charge is -2.14. The highest BCUT2D eigenvalue weighted by Crippen LogP contribution is 2.03. The van der Waals surface area contributed by atoms with E-state index < -0.39 is 0 Å². The van der Waals surface area contributed by atoms with Crippen LogP contribution in [0.5, 0.6) is 0 Å². The maximum absolute atomic E-state index is 8.49. The largest absolute Gasteiger partial charge is 0.394 e. The molecule has 0 saturated heterocycles. The summed E-state index contributed by atoms with van der Waals surface area (Å²) in [5.74, 6) is 0. The zero-order valence-electron chi connectivity index (χ0n) is 8.35. The molecule has 0 bridgehead atoms. The van der Waals surface area contributed by atoms with Gasteiger partial charge in [0.15, 0.2) is 0 Å². The van der Waals surface area contributed by atoms with Crippen molar-refractivity contribution in [3.05, 3.63) is 16.6 Å². The number of nitrogens with zero attached hydrogens (tertiary/aromatic N) is 2. The molecule has 0 saturated carbocycles. The Hall–Kier alpha value is -0.490. The lowest BCUT2D eigenvalue weighted by atomic mass is 10.4. The van der Waals surface area contributed by atoms with E-state index in [4.69, 9.17) is 9.84 Å². The predicted octanol–water partition coefficient (Wildman–Crippen LogP) is 0.584. The second-order valence-electron chi connectivity index (χ2n) is 3.05. The average Bonchev–Trinajstić information content (AvgIpc) is 2.65. The fourth-order valence-electron chi connectivity index (χ4n) is 1.06. The molecule has 1 N–H and O–H groups in total. The van der Waals surface area contributed by atoms with E-state index in [9.17, 15) is 0 Å². The third-order valence-electron chi connectivity index (χ3n) is 1.77. The number of hydrogen-bond donors (Lipinski definition) is 1. The molecule has 0 aromatic carbocycles. The molecule has 14 heavy (non-hydrogen) atoms. The molecule has 0 unspecified atom stereocenters. The quantitative estimate of drug-likeness (QED) is 0.677. The summed E-state index contributed by atoms with van der Waals surface area (Å²) in [6.45, 7) is 2.88. The van der Waals surface area contributed by atoms with Gasteiger partial charge in [0.05, 0.1) is 31.0 Å². The van der Waals surface area contributed by atoms with E-state index in [0.717, 1.165) is 18.8 Å². The van der Waals surface area contributed by atoms with Crippen molar-refractivity contribution in [3.8, 4) is 0 Å². The molecule has 1 aromatic heterocycles. The Morgan fingerprint density at radius 1 is 1.57 bits per heavy atom. The van der Waals surface area contributed by atoms with Crippen LogP contribution in [0.15, 0.2) is 10.9 Å². The number of likely N-dealkylation sites (N-methyl/N-ethyl adjacent to an activating group) is 1. The summed E-state index contributed by atoms with van der Waals surface area (Å²) in [7, 11) is 2.03. The number of ether oxygens (including phenoxy) is 1. The zero-order valence-corrected chi connectivity index (χ0v) is 9.16.